The molecule has 1 atom stereocenters. The van der Waals surface area contributed by atoms with E-state index in [0.29, 0.717) is 6.54 Å². The molecule has 0 spiro atoms. The normalized spacial score (nSPS) is 12.7. The molecule has 102 valence electrons. The lowest BCUT2D eigenvalue weighted by atomic mass is 10.1. The van der Waals surface area contributed by atoms with E-state index in [0.717, 1.165) is 16.6 Å². The van der Waals surface area contributed by atoms with E-state index in [1.165, 1.54) is 10.8 Å². The molecule has 1 N–H and O–H groups in total. The number of thiophene rings is 1. The third-order valence-corrected chi connectivity index (χ3v) is 4.18. The average Bonchev–Trinajstić information content (AvgIpc) is 2.92. The van der Waals surface area contributed by atoms with Crippen LogP contribution in [0.2, 0.25) is 0 Å². The predicted octanol–water partition coefficient (Wildman–Crippen LogP) is 4.29. The Morgan fingerprint density at radius 2 is 2.20 bits per heavy atom. The fraction of sp³-hybridized carbons (Fsp3) is 0.188. The molecule has 2 heterocycles. The lowest BCUT2D eigenvalue weighted by Crippen LogP contribution is -2.18. The number of halogens is 1. The number of aromatic nitrogens is 1. The fourth-order valence-corrected chi connectivity index (χ4v) is 2.92. The van der Waals surface area contributed by atoms with E-state index in [2.05, 4.69) is 23.3 Å². The molecule has 0 radical (unpaired) electrons. The second kappa shape index (κ2) is 5.69. The minimum absolute atomic E-state index is 0.178. The number of hydrogen-bond acceptors (Lipinski definition) is 3. The highest BCUT2D eigenvalue weighted by atomic mass is 32.1. The highest BCUT2D eigenvalue weighted by molar-refractivity contribution is 7.17. The van der Waals surface area contributed by atoms with Gasteiger partial charge in [0, 0.05) is 18.8 Å². The first-order chi connectivity index (χ1) is 9.72. The summed E-state index contributed by atoms with van der Waals surface area (Å²) in [5.41, 5.74) is 3.13. The van der Waals surface area contributed by atoms with Gasteiger partial charge >= 0.3 is 0 Å². The van der Waals surface area contributed by atoms with E-state index in [1.807, 2.05) is 23.7 Å². The van der Waals surface area contributed by atoms with Crippen molar-refractivity contribution in [2.24, 2.45) is 0 Å². The van der Waals surface area contributed by atoms with Gasteiger partial charge in [-0.2, -0.15) is 0 Å². The van der Waals surface area contributed by atoms with Crippen molar-refractivity contribution in [3.05, 3.63) is 64.9 Å². The van der Waals surface area contributed by atoms with Crippen LogP contribution in [0.5, 0.6) is 0 Å². The van der Waals surface area contributed by atoms with Crippen molar-refractivity contribution in [1.82, 2.24) is 10.3 Å². The van der Waals surface area contributed by atoms with E-state index in [9.17, 15) is 4.39 Å². The first kappa shape index (κ1) is 13.2. The van der Waals surface area contributed by atoms with Gasteiger partial charge in [0.25, 0.3) is 0 Å². The van der Waals surface area contributed by atoms with Crippen molar-refractivity contribution in [3.8, 4) is 0 Å². The number of nitrogens with zero attached hydrogens (tertiary/aromatic N) is 1. The molecule has 0 bridgehead atoms. The first-order valence-corrected chi connectivity index (χ1v) is 7.41. The van der Waals surface area contributed by atoms with Crippen molar-refractivity contribution in [1.29, 1.82) is 0 Å². The van der Waals surface area contributed by atoms with Crippen LogP contribution in [0.4, 0.5) is 4.39 Å². The summed E-state index contributed by atoms with van der Waals surface area (Å²) in [6.45, 7) is 2.73. The molecule has 0 aliphatic rings. The summed E-state index contributed by atoms with van der Waals surface area (Å²) in [4.78, 5) is 4.44. The van der Waals surface area contributed by atoms with Crippen molar-refractivity contribution < 1.29 is 4.39 Å². The van der Waals surface area contributed by atoms with Gasteiger partial charge in [0.15, 0.2) is 0 Å². The molecular weight excluding hydrogens is 271 g/mol. The number of nitrogens with one attached hydrogen (secondary N) is 1. The lowest BCUT2D eigenvalue weighted by Gasteiger charge is -2.14. The van der Waals surface area contributed by atoms with E-state index in [4.69, 9.17) is 0 Å². The summed E-state index contributed by atoms with van der Waals surface area (Å²) in [5, 5.41) is 5.45. The molecule has 0 aliphatic carbocycles. The van der Waals surface area contributed by atoms with Gasteiger partial charge in [-0.3, -0.25) is 4.98 Å². The lowest BCUT2D eigenvalue weighted by molar-refractivity contribution is 0.568. The van der Waals surface area contributed by atoms with Crippen LogP contribution in [0, 0.1) is 5.82 Å². The molecule has 0 amide bonds. The highest BCUT2D eigenvalue weighted by Crippen LogP contribution is 2.22. The topological polar surface area (TPSA) is 24.9 Å². The minimum atomic E-state index is -0.196. The quantitative estimate of drug-likeness (QED) is 0.774. The van der Waals surface area contributed by atoms with Crippen LogP contribution in [0.25, 0.3) is 10.2 Å². The zero-order chi connectivity index (χ0) is 13.9. The van der Waals surface area contributed by atoms with Gasteiger partial charge in [0.1, 0.15) is 5.82 Å². The Balaban J connectivity index is 1.70. The monoisotopic (exact) mass is 286 g/mol. The molecule has 0 saturated carbocycles. The van der Waals surface area contributed by atoms with Gasteiger partial charge in [0.2, 0.25) is 0 Å². The molecule has 3 aromatic rings. The third kappa shape index (κ3) is 2.86. The maximum atomic E-state index is 13.1. The van der Waals surface area contributed by atoms with E-state index in [-0.39, 0.29) is 11.9 Å². The molecule has 1 aromatic carbocycles. The second-order valence-corrected chi connectivity index (χ2v) is 5.75. The van der Waals surface area contributed by atoms with Gasteiger partial charge in [0.05, 0.1) is 10.2 Å². The van der Waals surface area contributed by atoms with Crippen LogP contribution in [0.15, 0.2) is 48.0 Å². The van der Waals surface area contributed by atoms with Crippen LogP contribution in [0.1, 0.15) is 24.1 Å². The zero-order valence-corrected chi connectivity index (χ0v) is 12.0. The van der Waals surface area contributed by atoms with Gasteiger partial charge in [-0.05, 0) is 47.7 Å². The molecule has 4 heteroatoms. The molecular formula is C16H15FN2S. The Morgan fingerprint density at radius 3 is 3.05 bits per heavy atom. The summed E-state index contributed by atoms with van der Waals surface area (Å²) < 4.78 is 14.3. The van der Waals surface area contributed by atoms with E-state index >= 15 is 0 Å². The molecule has 20 heavy (non-hydrogen) atoms. The van der Waals surface area contributed by atoms with Crippen molar-refractivity contribution >= 4 is 21.6 Å². The van der Waals surface area contributed by atoms with Crippen LogP contribution in [-0.4, -0.2) is 4.98 Å². The SMILES string of the molecule is CC(NCc1cccc(F)c1)c1cnc2ccsc2c1. The highest BCUT2D eigenvalue weighted by Gasteiger charge is 2.07. The van der Waals surface area contributed by atoms with Gasteiger partial charge in [-0.1, -0.05) is 12.1 Å². The van der Waals surface area contributed by atoms with Crippen LogP contribution in [0.3, 0.4) is 0 Å². The first-order valence-electron chi connectivity index (χ1n) is 6.53. The summed E-state index contributed by atoms with van der Waals surface area (Å²) in [5.74, 6) is -0.196. The van der Waals surface area contributed by atoms with Crippen molar-refractivity contribution in [2.45, 2.75) is 19.5 Å². The van der Waals surface area contributed by atoms with Crippen molar-refractivity contribution in [2.75, 3.05) is 0 Å². The number of pyridine rings is 1. The average molecular weight is 286 g/mol. The summed E-state index contributed by atoms with van der Waals surface area (Å²) >= 11 is 1.70. The summed E-state index contributed by atoms with van der Waals surface area (Å²) in [7, 11) is 0. The standard InChI is InChI=1S/C16H15FN2S/c1-11(18-9-12-3-2-4-14(17)7-12)13-8-16-15(19-10-13)5-6-20-16/h2-8,10-11,18H,9H2,1H3. The predicted molar refractivity (Wildman–Crippen MR) is 81.3 cm³/mol. The number of fused-ring (bicyclic) bond motifs is 1. The Bertz CT molecular complexity index is 723. The Hall–Kier alpha value is -1.78. The Labute approximate surface area is 121 Å². The molecule has 0 saturated heterocycles. The minimum Gasteiger partial charge on any atom is -0.306 e. The van der Waals surface area contributed by atoms with E-state index < -0.39 is 0 Å². The zero-order valence-electron chi connectivity index (χ0n) is 11.1. The number of hydrogen-bond donors (Lipinski definition) is 1. The fourth-order valence-electron chi connectivity index (χ4n) is 2.13. The van der Waals surface area contributed by atoms with Crippen LogP contribution in [-0.2, 0) is 6.54 Å². The maximum absolute atomic E-state index is 13.1. The molecule has 0 fully saturated rings. The maximum Gasteiger partial charge on any atom is 0.123 e. The molecule has 0 aliphatic heterocycles. The summed E-state index contributed by atoms with van der Waals surface area (Å²) in [6, 6.07) is 11.0. The van der Waals surface area contributed by atoms with E-state index in [1.54, 1.807) is 23.5 Å². The number of rotatable bonds is 4. The number of benzene rings is 1. The smallest absolute Gasteiger partial charge is 0.123 e. The van der Waals surface area contributed by atoms with Crippen LogP contribution < -0.4 is 5.32 Å². The van der Waals surface area contributed by atoms with Crippen molar-refractivity contribution in [3.63, 3.8) is 0 Å². The van der Waals surface area contributed by atoms with Gasteiger partial charge in [-0.25, -0.2) is 4.39 Å². The van der Waals surface area contributed by atoms with Crippen LogP contribution >= 0.6 is 11.3 Å². The molecule has 3 rings (SSSR count). The molecule has 2 aromatic heterocycles. The summed E-state index contributed by atoms with van der Waals surface area (Å²) in [6.07, 6.45) is 1.90. The molecule has 1 unspecified atom stereocenters. The largest absolute Gasteiger partial charge is 0.306 e. The Kier molecular flexibility index (Phi) is 3.76. The third-order valence-electron chi connectivity index (χ3n) is 3.33. The second-order valence-electron chi connectivity index (χ2n) is 4.81. The molecule has 2 nitrogen and oxygen atoms in total. The van der Waals surface area contributed by atoms with Gasteiger partial charge < -0.3 is 5.32 Å². The Morgan fingerprint density at radius 1 is 1.30 bits per heavy atom. The van der Waals surface area contributed by atoms with Gasteiger partial charge in [-0.15, -0.1) is 11.3 Å².